The minimum atomic E-state index is 0.0145. The molecule has 0 bridgehead atoms. The second kappa shape index (κ2) is 9.76. The molecule has 5 heteroatoms. The van der Waals surface area contributed by atoms with E-state index in [0.717, 1.165) is 11.3 Å². The average molecular weight is 366 g/mol. The second-order valence-corrected chi connectivity index (χ2v) is 6.90. The van der Waals surface area contributed by atoms with Crippen LogP contribution in [-0.2, 0) is 16.1 Å². The van der Waals surface area contributed by atoms with E-state index in [1.807, 2.05) is 65.6 Å². The molecule has 1 fully saturated rings. The Balaban J connectivity index is 1.31. The van der Waals surface area contributed by atoms with E-state index in [4.69, 9.17) is 4.74 Å². The van der Waals surface area contributed by atoms with E-state index in [9.17, 15) is 9.59 Å². The number of hydrogen-bond donors (Lipinski definition) is 1. The highest BCUT2D eigenvalue weighted by Gasteiger charge is 2.29. The van der Waals surface area contributed by atoms with Gasteiger partial charge in [-0.05, 0) is 24.1 Å². The van der Waals surface area contributed by atoms with Gasteiger partial charge in [-0.25, -0.2) is 0 Å². The van der Waals surface area contributed by atoms with Gasteiger partial charge in [-0.2, -0.15) is 0 Å². The van der Waals surface area contributed by atoms with Gasteiger partial charge in [0.15, 0.2) is 0 Å². The van der Waals surface area contributed by atoms with Crippen molar-refractivity contribution < 1.29 is 14.3 Å². The molecule has 1 atom stereocenters. The Labute approximate surface area is 160 Å². The van der Waals surface area contributed by atoms with Crippen LogP contribution < -0.4 is 10.1 Å². The standard InChI is InChI=1S/C22H26N2O3/c25-21(12-7-13-27-20-10-5-2-6-11-20)23-15-19-14-22(26)24(17-19)16-18-8-3-1-4-9-18/h1-6,8-11,19H,7,12-17H2,(H,23,25). The molecule has 1 aliphatic heterocycles. The highest BCUT2D eigenvalue weighted by Crippen LogP contribution is 2.19. The molecule has 142 valence electrons. The van der Waals surface area contributed by atoms with E-state index in [0.29, 0.717) is 45.5 Å². The molecule has 0 spiro atoms. The number of rotatable bonds is 9. The summed E-state index contributed by atoms with van der Waals surface area (Å²) in [6.45, 7) is 2.41. The summed E-state index contributed by atoms with van der Waals surface area (Å²) in [5, 5.41) is 2.95. The number of carbonyl (C=O) groups is 2. The Morgan fingerprint density at radius 2 is 1.78 bits per heavy atom. The average Bonchev–Trinajstić information content (AvgIpc) is 3.05. The van der Waals surface area contributed by atoms with Crippen LogP contribution in [0.4, 0.5) is 0 Å². The maximum Gasteiger partial charge on any atom is 0.223 e. The highest BCUT2D eigenvalue weighted by molar-refractivity contribution is 5.79. The van der Waals surface area contributed by atoms with Gasteiger partial charge in [0.1, 0.15) is 5.75 Å². The van der Waals surface area contributed by atoms with Crippen LogP contribution in [0.2, 0.25) is 0 Å². The molecule has 27 heavy (non-hydrogen) atoms. The van der Waals surface area contributed by atoms with Crippen molar-refractivity contribution in [3.63, 3.8) is 0 Å². The Hall–Kier alpha value is -2.82. The van der Waals surface area contributed by atoms with E-state index in [2.05, 4.69) is 5.32 Å². The van der Waals surface area contributed by atoms with Crippen molar-refractivity contribution in [3.8, 4) is 5.75 Å². The van der Waals surface area contributed by atoms with Gasteiger partial charge in [0.2, 0.25) is 11.8 Å². The Morgan fingerprint density at radius 1 is 1.07 bits per heavy atom. The SMILES string of the molecule is O=C(CCCOc1ccccc1)NCC1CC(=O)N(Cc2ccccc2)C1. The summed E-state index contributed by atoms with van der Waals surface area (Å²) in [5.74, 6) is 1.18. The molecule has 1 saturated heterocycles. The number of para-hydroxylation sites is 1. The molecule has 2 amide bonds. The van der Waals surface area contributed by atoms with Crippen LogP contribution >= 0.6 is 0 Å². The smallest absolute Gasteiger partial charge is 0.223 e. The molecule has 0 aromatic heterocycles. The number of benzene rings is 2. The molecule has 1 N–H and O–H groups in total. The number of likely N-dealkylation sites (tertiary alicyclic amines) is 1. The lowest BCUT2D eigenvalue weighted by Gasteiger charge is -2.17. The maximum absolute atomic E-state index is 12.2. The third kappa shape index (κ3) is 6.13. The van der Waals surface area contributed by atoms with Crippen LogP contribution in [0, 0.1) is 5.92 Å². The number of ether oxygens (including phenoxy) is 1. The van der Waals surface area contributed by atoms with Crippen LogP contribution in [0.5, 0.6) is 5.75 Å². The zero-order valence-electron chi connectivity index (χ0n) is 15.5. The molecule has 1 aliphatic rings. The van der Waals surface area contributed by atoms with Crippen molar-refractivity contribution in [1.29, 1.82) is 0 Å². The van der Waals surface area contributed by atoms with E-state index in [1.165, 1.54) is 0 Å². The number of carbonyl (C=O) groups excluding carboxylic acids is 2. The van der Waals surface area contributed by atoms with Crippen molar-refractivity contribution in [2.24, 2.45) is 5.92 Å². The lowest BCUT2D eigenvalue weighted by Crippen LogP contribution is -2.31. The summed E-state index contributed by atoms with van der Waals surface area (Å²) in [6, 6.07) is 19.6. The highest BCUT2D eigenvalue weighted by atomic mass is 16.5. The van der Waals surface area contributed by atoms with Gasteiger partial charge in [0, 0.05) is 38.4 Å². The van der Waals surface area contributed by atoms with Gasteiger partial charge in [-0.1, -0.05) is 48.5 Å². The maximum atomic E-state index is 12.2. The minimum Gasteiger partial charge on any atom is -0.494 e. The molecule has 1 heterocycles. The van der Waals surface area contributed by atoms with E-state index < -0.39 is 0 Å². The van der Waals surface area contributed by atoms with Crippen molar-refractivity contribution >= 4 is 11.8 Å². The third-order valence-electron chi connectivity index (χ3n) is 4.66. The van der Waals surface area contributed by atoms with Crippen LogP contribution in [-0.4, -0.2) is 36.4 Å². The van der Waals surface area contributed by atoms with Gasteiger partial charge >= 0.3 is 0 Å². The van der Waals surface area contributed by atoms with Gasteiger partial charge in [0.05, 0.1) is 6.61 Å². The van der Waals surface area contributed by atoms with Gasteiger partial charge in [-0.3, -0.25) is 9.59 Å². The fraction of sp³-hybridized carbons (Fsp3) is 0.364. The number of hydrogen-bond acceptors (Lipinski definition) is 3. The molecule has 2 aromatic rings. The fourth-order valence-electron chi connectivity index (χ4n) is 3.23. The molecule has 0 radical (unpaired) electrons. The van der Waals surface area contributed by atoms with E-state index >= 15 is 0 Å². The predicted octanol–water partition coefficient (Wildman–Crippen LogP) is 3.01. The van der Waals surface area contributed by atoms with Crippen molar-refractivity contribution in [2.75, 3.05) is 19.7 Å². The summed E-state index contributed by atoms with van der Waals surface area (Å²) >= 11 is 0. The summed E-state index contributed by atoms with van der Waals surface area (Å²) in [4.78, 5) is 26.1. The predicted molar refractivity (Wildman–Crippen MR) is 104 cm³/mol. The first kappa shape index (κ1) is 19.0. The summed E-state index contributed by atoms with van der Waals surface area (Å²) in [5.41, 5.74) is 1.13. The molecular weight excluding hydrogens is 340 g/mol. The quantitative estimate of drug-likeness (QED) is 0.694. The summed E-state index contributed by atoms with van der Waals surface area (Å²) in [7, 11) is 0. The number of amides is 2. The molecule has 0 aliphatic carbocycles. The van der Waals surface area contributed by atoms with Crippen LogP contribution in [0.1, 0.15) is 24.8 Å². The lowest BCUT2D eigenvalue weighted by atomic mass is 10.1. The molecule has 3 rings (SSSR count). The van der Waals surface area contributed by atoms with Crippen molar-refractivity contribution in [3.05, 3.63) is 66.2 Å². The van der Waals surface area contributed by atoms with Crippen LogP contribution in [0.3, 0.4) is 0 Å². The largest absolute Gasteiger partial charge is 0.494 e. The number of nitrogens with zero attached hydrogens (tertiary/aromatic N) is 1. The van der Waals surface area contributed by atoms with Crippen molar-refractivity contribution in [2.45, 2.75) is 25.8 Å². The topological polar surface area (TPSA) is 58.6 Å². The summed E-state index contributed by atoms with van der Waals surface area (Å²) in [6.07, 6.45) is 1.61. The molecule has 2 aromatic carbocycles. The fourth-order valence-corrected chi connectivity index (χ4v) is 3.23. The normalized spacial score (nSPS) is 16.4. The van der Waals surface area contributed by atoms with Gasteiger partial charge < -0.3 is 15.0 Å². The minimum absolute atomic E-state index is 0.0145. The molecule has 1 unspecified atom stereocenters. The number of nitrogens with one attached hydrogen (secondary N) is 1. The first-order valence-corrected chi connectivity index (χ1v) is 9.47. The van der Waals surface area contributed by atoms with E-state index in [-0.39, 0.29) is 17.7 Å². The monoisotopic (exact) mass is 366 g/mol. The zero-order chi connectivity index (χ0) is 18.9. The van der Waals surface area contributed by atoms with Gasteiger partial charge in [0.25, 0.3) is 0 Å². The van der Waals surface area contributed by atoms with Gasteiger partial charge in [-0.15, -0.1) is 0 Å². The van der Waals surface area contributed by atoms with Crippen LogP contribution in [0.15, 0.2) is 60.7 Å². The molecular formula is C22H26N2O3. The Morgan fingerprint density at radius 3 is 2.52 bits per heavy atom. The third-order valence-corrected chi connectivity index (χ3v) is 4.66. The van der Waals surface area contributed by atoms with Crippen LogP contribution in [0.25, 0.3) is 0 Å². The van der Waals surface area contributed by atoms with Crippen molar-refractivity contribution in [1.82, 2.24) is 10.2 Å². The first-order valence-electron chi connectivity index (χ1n) is 9.47. The first-order chi connectivity index (χ1) is 13.2. The molecule has 5 nitrogen and oxygen atoms in total. The Kier molecular flexibility index (Phi) is 6.85. The van der Waals surface area contributed by atoms with E-state index in [1.54, 1.807) is 0 Å². The second-order valence-electron chi connectivity index (χ2n) is 6.90. The zero-order valence-corrected chi connectivity index (χ0v) is 15.5. The summed E-state index contributed by atoms with van der Waals surface area (Å²) < 4.78 is 5.59. The molecule has 0 saturated carbocycles. The Bertz CT molecular complexity index is 734. The lowest BCUT2D eigenvalue weighted by molar-refractivity contribution is -0.128.